The summed E-state index contributed by atoms with van der Waals surface area (Å²) in [5.74, 6) is 0.733. The van der Waals surface area contributed by atoms with Crippen LogP contribution in [0.3, 0.4) is 0 Å². The van der Waals surface area contributed by atoms with Crippen molar-refractivity contribution in [3.63, 3.8) is 0 Å². The van der Waals surface area contributed by atoms with Crippen LogP contribution in [0.1, 0.15) is 17.5 Å². The van der Waals surface area contributed by atoms with Gasteiger partial charge in [-0.15, -0.1) is 11.3 Å². The Labute approximate surface area is 161 Å². The van der Waals surface area contributed by atoms with E-state index in [0.717, 1.165) is 15.2 Å². The Balaban J connectivity index is 1.62. The molecule has 3 aromatic rings. The number of benzene rings is 2. The van der Waals surface area contributed by atoms with Gasteiger partial charge in [0.15, 0.2) is 18.1 Å². The average Bonchev–Trinajstić information content (AvgIpc) is 3.09. The van der Waals surface area contributed by atoms with Crippen molar-refractivity contribution in [2.75, 3.05) is 20.3 Å². The van der Waals surface area contributed by atoms with E-state index in [2.05, 4.69) is 11.1 Å². The van der Waals surface area contributed by atoms with Crippen LogP contribution in [0, 0.1) is 11.3 Å². The van der Waals surface area contributed by atoms with Crippen molar-refractivity contribution in [2.24, 2.45) is 0 Å². The number of thiazole rings is 1. The Morgan fingerprint density at radius 3 is 2.78 bits per heavy atom. The fourth-order valence-corrected chi connectivity index (χ4v) is 3.51. The highest BCUT2D eigenvalue weighted by Crippen LogP contribution is 2.28. The van der Waals surface area contributed by atoms with Gasteiger partial charge in [0, 0.05) is 13.1 Å². The number of nitrogens with zero attached hydrogens (tertiary/aromatic N) is 3. The molecule has 1 aromatic heterocycles. The molecule has 0 aliphatic rings. The number of para-hydroxylation sites is 1. The van der Waals surface area contributed by atoms with E-state index in [-0.39, 0.29) is 12.5 Å². The minimum absolute atomic E-state index is 0.118. The van der Waals surface area contributed by atoms with Crippen molar-refractivity contribution in [3.05, 3.63) is 53.0 Å². The lowest BCUT2D eigenvalue weighted by atomic mass is 10.2. The summed E-state index contributed by atoms with van der Waals surface area (Å²) in [5.41, 5.74) is 1.42. The summed E-state index contributed by atoms with van der Waals surface area (Å²) < 4.78 is 12.2. The number of aromatic nitrogens is 1. The molecule has 0 N–H and O–H groups in total. The number of nitriles is 1. The molecule has 3 rings (SSSR count). The third-order valence-electron chi connectivity index (χ3n) is 3.86. The van der Waals surface area contributed by atoms with Crippen LogP contribution < -0.4 is 9.47 Å². The van der Waals surface area contributed by atoms with Gasteiger partial charge in [0.1, 0.15) is 5.01 Å². The standard InChI is InChI=1S/C20H19N3O3S/c1-3-25-17-10-14(11-21)8-9-16(17)26-13-20(24)23(2)12-19-22-15-6-4-5-7-18(15)27-19/h4-10H,3,12-13H2,1-2H3. The van der Waals surface area contributed by atoms with Gasteiger partial charge in [-0.25, -0.2) is 4.98 Å². The molecule has 7 heteroatoms. The van der Waals surface area contributed by atoms with Gasteiger partial charge >= 0.3 is 0 Å². The van der Waals surface area contributed by atoms with E-state index in [9.17, 15) is 4.79 Å². The van der Waals surface area contributed by atoms with E-state index in [1.165, 1.54) is 0 Å². The lowest BCUT2D eigenvalue weighted by Crippen LogP contribution is -2.31. The van der Waals surface area contributed by atoms with Gasteiger partial charge in [0.25, 0.3) is 5.91 Å². The van der Waals surface area contributed by atoms with Crippen LogP contribution in [-0.4, -0.2) is 36.1 Å². The predicted molar refractivity (Wildman–Crippen MR) is 104 cm³/mol. The lowest BCUT2D eigenvalue weighted by molar-refractivity contribution is -0.132. The van der Waals surface area contributed by atoms with Gasteiger partial charge in [-0.2, -0.15) is 5.26 Å². The molecular weight excluding hydrogens is 362 g/mol. The monoisotopic (exact) mass is 381 g/mol. The van der Waals surface area contributed by atoms with Gasteiger partial charge in [-0.3, -0.25) is 4.79 Å². The first-order valence-corrected chi connectivity index (χ1v) is 9.30. The van der Waals surface area contributed by atoms with E-state index in [4.69, 9.17) is 14.7 Å². The van der Waals surface area contributed by atoms with E-state index in [0.29, 0.717) is 30.2 Å². The number of hydrogen-bond acceptors (Lipinski definition) is 6. The summed E-state index contributed by atoms with van der Waals surface area (Å²) in [5, 5.41) is 9.87. The topological polar surface area (TPSA) is 75.5 Å². The number of likely N-dealkylation sites (N-methyl/N-ethyl adjacent to an activating group) is 1. The SMILES string of the molecule is CCOc1cc(C#N)ccc1OCC(=O)N(C)Cc1nc2ccccc2s1. The number of carbonyl (C=O) groups is 1. The zero-order valence-corrected chi connectivity index (χ0v) is 16.0. The Hall–Kier alpha value is -3.11. The largest absolute Gasteiger partial charge is 0.490 e. The summed E-state index contributed by atoms with van der Waals surface area (Å²) in [7, 11) is 1.72. The Bertz CT molecular complexity index is 961. The molecule has 0 spiro atoms. The fraction of sp³-hybridized carbons (Fsp3) is 0.250. The minimum atomic E-state index is -0.166. The molecule has 27 heavy (non-hydrogen) atoms. The second kappa shape index (κ2) is 8.52. The third kappa shape index (κ3) is 4.54. The van der Waals surface area contributed by atoms with Crippen molar-refractivity contribution >= 4 is 27.5 Å². The van der Waals surface area contributed by atoms with Gasteiger partial charge in [-0.05, 0) is 31.2 Å². The molecule has 1 amide bonds. The van der Waals surface area contributed by atoms with Crippen molar-refractivity contribution in [1.82, 2.24) is 9.88 Å². The molecule has 0 fully saturated rings. The van der Waals surface area contributed by atoms with Crippen LogP contribution in [-0.2, 0) is 11.3 Å². The molecule has 0 atom stereocenters. The fourth-order valence-electron chi connectivity index (χ4n) is 2.49. The Morgan fingerprint density at radius 2 is 2.04 bits per heavy atom. The van der Waals surface area contributed by atoms with E-state index in [1.807, 2.05) is 31.2 Å². The van der Waals surface area contributed by atoms with Gasteiger partial charge < -0.3 is 14.4 Å². The minimum Gasteiger partial charge on any atom is -0.490 e. The summed E-state index contributed by atoms with van der Waals surface area (Å²) in [6.45, 7) is 2.59. The maximum absolute atomic E-state index is 12.4. The van der Waals surface area contributed by atoms with Crippen LogP contribution in [0.25, 0.3) is 10.2 Å². The molecule has 0 aliphatic carbocycles. The zero-order chi connectivity index (χ0) is 19.2. The van der Waals surface area contributed by atoms with Crippen LogP contribution in [0.2, 0.25) is 0 Å². The molecule has 0 saturated carbocycles. The second-order valence-electron chi connectivity index (χ2n) is 5.82. The van der Waals surface area contributed by atoms with Crippen molar-refractivity contribution in [3.8, 4) is 17.6 Å². The smallest absolute Gasteiger partial charge is 0.260 e. The second-order valence-corrected chi connectivity index (χ2v) is 6.94. The zero-order valence-electron chi connectivity index (χ0n) is 15.1. The first-order valence-electron chi connectivity index (χ1n) is 8.49. The molecule has 0 unspecified atom stereocenters. The summed E-state index contributed by atoms with van der Waals surface area (Å²) in [4.78, 5) is 18.5. The highest BCUT2D eigenvalue weighted by atomic mass is 32.1. The number of fused-ring (bicyclic) bond motifs is 1. The van der Waals surface area contributed by atoms with E-state index in [1.54, 1.807) is 41.5 Å². The van der Waals surface area contributed by atoms with Crippen LogP contribution in [0.15, 0.2) is 42.5 Å². The molecule has 6 nitrogen and oxygen atoms in total. The summed E-state index contributed by atoms with van der Waals surface area (Å²) >= 11 is 1.57. The number of rotatable bonds is 7. The summed E-state index contributed by atoms with van der Waals surface area (Å²) in [6.07, 6.45) is 0. The number of amides is 1. The van der Waals surface area contributed by atoms with Crippen LogP contribution in [0.5, 0.6) is 11.5 Å². The van der Waals surface area contributed by atoms with E-state index < -0.39 is 0 Å². The van der Waals surface area contributed by atoms with Crippen LogP contribution in [0.4, 0.5) is 0 Å². The number of hydrogen-bond donors (Lipinski definition) is 0. The highest BCUT2D eigenvalue weighted by Gasteiger charge is 2.14. The predicted octanol–water partition coefficient (Wildman–Crippen LogP) is 3.60. The van der Waals surface area contributed by atoms with Gasteiger partial charge in [-0.1, -0.05) is 12.1 Å². The first-order chi connectivity index (χ1) is 13.1. The molecule has 1 heterocycles. The lowest BCUT2D eigenvalue weighted by Gasteiger charge is -2.17. The van der Waals surface area contributed by atoms with Crippen LogP contribution >= 0.6 is 11.3 Å². The molecule has 0 aliphatic heterocycles. The van der Waals surface area contributed by atoms with Crippen molar-refractivity contribution < 1.29 is 14.3 Å². The molecule has 2 aromatic carbocycles. The number of ether oxygens (including phenoxy) is 2. The summed E-state index contributed by atoms with van der Waals surface area (Å²) in [6, 6.07) is 14.8. The molecule has 138 valence electrons. The van der Waals surface area contributed by atoms with E-state index >= 15 is 0 Å². The Kier molecular flexibility index (Phi) is 5.89. The molecule has 0 bridgehead atoms. The third-order valence-corrected chi connectivity index (χ3v) is 4.88. The van der Waals surface area contributed by atoms with Gasteiger partial charge in [0.05, 0.1) is 35.0 Å². The maximum atomic E-state index is 12.4. The van der Waals surface area contributed by atoms with Crippen molar-refractivity contribution in [2.45, 2.75) is 13.5 Å². The quantitative estimate of drug-likeness (QED) is 0.625. The molecule has 0 saturated heterocycles. The van der Waals surface area contributed by atoms with Gasteiger partial charge in [0.2, 0.25) is 0 Å². The first kappa shape index (κ1) is 18.7. The van der Waals surface area contributed by atoms with Crippen molar-refractivity contribution in [1.29, 1.82) is 5.26 Å². The average molecular weight is 381 g/mol. The number of carbonyl (C=O) groups excluding carboxylic acids is 1. The maximum Gasteiger partial charge on any atom is 0.260 e. The normalized spacial score (nSPS) is 10.4. The molecule has 0 radical (unpaired) electrons. The highest BCUT2D eigenvalue weighted by molar-refractivity contribution is 7.18. The molecular formula is C20H19N3O3S. The Morgan fingerprint density at radius 1 is 1.22 bits per heavy atom.